The molecular formula is C18H19N3O3. The van der Waals surface area contributed by atoms with Gasteiger partial charge in [0.05, 0.1) is 18.2 Å². The van der Waals surface area contributed by atoms with Crippen LogP contribution in [0, 0.1) is 5.92 Å². The van der Waals surface area contributed by atoms with E-state index in [1.165, 1.54) is 4.68 Å². The Labute approximate surface area is 139 Å². The zero-order chi connectivity index (χ0) is 17.1. The number of carbonyl (C=O) groups excluding carboxylic acids is 1. The van der Waals surface area contributed by atoms with Gasteiger partial charge >= 0.3 is 0 Å². The highest BCUT2D eigenvalue weighted by Gasteiger charge is 2.17. The van der Waals surface area contributed by atoms with Gasteiger partial charge in [-0.2, -0.15) is 5.10 Å². The molecule has 2 aromatic heterocycles. The molecule has 0 saturated carbocycles. The third kappa shape index (κ3) is 3.22. The van der Waals surface area contributed by atoms with E-state index < -0.39 is 0 Å². The predicted octanol–water partition coefficient (Wildman–Crippen LogP) is 2.58. The van der Waals surface area contributed by atoms with Gasteiger partial charge in [0, 0.05) is 11.9 Å². The van der Waals surface area contributed by atoms with E-state index in [0.717, 1.165) is 0 Å². The van der Waals surface area contributed by atoms with Gasteiger partial charge in [-0.25, -0.2) is 4.68 Å². The zero-order valence-electron chi connectivity index (χ0n) is 13.7. The third-order valence-corrected chi connectivity index (χ3v) is 3.62. The minimum Gasteiger partial charge on any atom is -0.467 e. The van der Waals surface area contributed by atoms with Crippen LogP contribution in [-0.4, -0.2) is 15.7 Å². The Morgan fingerprint density at radius 2 is 1.96 bits per heavy atom. The van der Waals surface area contributed by atoms with Crippen molar-refractivity contribution in [3.8, 4) is 0 Å². The van der Waals surface area contributed by atoms with Crippen LogP contribution in [0.4, 0.5) is 0 Å². The van der Waals surface area contributed by atoms with Crippen molar-refractivity contribution in [2.24, 2.45) is 5.92 Å². The van der Waals surface area contributed by atoms with Crippen molar-refractivity contribution in [1.29, 1.82) is 0 Å². The highest BCUT2D eigenvalue weighted by atomic mass is 16.3. The van der Waals surface area contributed by atoms with E-state index in [1.807, 2.05) is 13.8 Å². The van der Waals surface area contributed by atoms with Crippen LogP contribution < -0.4 is 10.9 Å². The van der Waals surface area contributed by atoms with Crippen LogP contribution >= 0.6 is 0 Å². The first-order valence-corrected chi connectivity index (χ1v) is 7.86. The number of benzene rings is 1. The Bertz CT molecular complexity index is 911. The van der Waals surface area contributed by atoms with E-state index in [4.69, 9.17) is 4.42 Å². The van der Waals surface area contributed by atoms with Crippen LogP contribution in [-0.2, 0) is 13.1 Å². The minimum absolute atomic E-state index is 0.179. The fourth-order valence-corrected chi connectivity index (χ4v) is 2.54. The molecule has 1 amide bonds. The van der Waals surface area contributed by atoms with Gasteiger partial charge in [-0.1, -0.05) is 32.0 Å². The quantitative estimate of drug-likeness (QED) is 0.782. The maximum atomic E-state index is 12.6. The first-order valence-electron chi connectivity index (χ1n) is 7.86. The van der Waals surface area contributed by atoms with Gasteiger partial charge in [0.25, 0.3) is 11.5 Å². The van der Waals surface area contributed by atoms with Crippen LogP contribution in [0.15, 0.2) is 51.9 Å². The lowest BCUT2D eigenvalue weighted by Gasteiger charge is -2.12. The van der Waals surface area contributed by atoms with Crippen molar-refractivity contribution in [1.82, 2.24) is 15.1 Å². The molecule has 6 nitrogen and oxygen atoms in total. The molecule has 0 unspecified atom stereocenters. The van der Waals surface area contributed by atoms with Crippen LogP contribution in [0.3, 0.4) is 0 Å². The van der Waals surface area contributed by atoms with Gasteiger partial charge in [-0.3, -0.25) is 9.59 Å². The smallest absolute Gasteiger partial charge is 0.274 e. The molecule has 0 bridgehead atoms. The third-order valence-electron chi connectivity index (χ3n) is 3.62. The number of rotatable bonds is 5. The molecule has 2 heterocycles. The summed E-state index contributed by atoms with van der Waals surface area (Å²) in [5.41, 5.74) is 0.0688. The van der Waals surface area contributed by atoms with Crippen LogP contribution in [0.1, 0.15) is 30.1 Å². The average Bonchev–Trinajstić information content (AvgIpc) is 3.08. The second-order valence-corrected chi connectivity index (χ2v) is 6.04. The molecule has 0 atom stereocenters. The molecule has 3 rings (SSSR count). The number of carbonyl (C=O) groups is 1. The Balaban J connectivity index is 2.00. The van der Waals surface area contributed by atoms with Gasteiger partial charge in [0.15, 0.2) is 5.69 Å². The largest absolute Gasteiger partial charge is 0.467 e. The number of amides is 1. The number of aromatic nitrogens is 2. The Kier molecular flexibility index (Phi) is 4.46. The van der Waals surface area contributed by atoms with Gasteiger partial charge in [0.2, 0.25) is 0 Å². The second-order valence-electron chi connectivity index (χ2n) is 6.04. The number of hydrogen-bond acceptors (Lipinski definition) is 4. The van der Waals surface area contributed by atoms with E-state index in [-0.39, 0.29) is 29.6 Å². The Morgan fingerprint density at radius 3 is 2.62 bits per heavy atom. The lowest BCUT2D eigenvalue weighted by Crippen LogP contribution is -2.31. The van der Waals surface area contributed by atoms with Crippen molar-refractivity contribution in [3.05, 3.63) is 64.5 Å². The molecule has 0 aliphatic heterocycles. The van der Waals surface area contributed by atoms with Crippen LogP contribution in [0.5, 0.6) is 0 Å². The first-order chi connectivity index (χ1) is 11.6. The summed E-state index contributed by atoms with van der Waals surface area (Å²) >= 11 is 0. The van der Waals surface area contributed by atoms with Gasteiger partial charge < -0.3 is 9.73 Å². The minimum atomic E-state index is -0.333. The van der Waals surface area contributed by atoms with Crippen LogP contribution in [0.2, 0.25) is 0 Å². The fourth-order valence-electron chi connectivity index (χ4n) is 2.54. The molecule has 1 N–H and O–H groups in total. The van der Waals surface area contributed by atoms with Crippen molar-refractivity contribution < 1.29 is 9.21 Å². The topological polar surface area (TPSA) is 77.1 Å². The maximum absolute atomic E-state index is 12.6. The molecule has 0 radical (unpaired) electrons. The number of furan rings is 1. The van der Waals surface area contributed by atoms with Crippen molar-refractivity contribution in [2.75, 3.05) is 0 Å². The molecule has 1 aromatic carbocycles. The van der Waals surface area contributed by atoms with E-state index in [0.29, 0.717) is 23.1 Å². The monoisotopic (exact) mass is 325 g/mol. The van der Waals surface area contributed by atoms with Crippen molar-refractivity contribution >= 4 is 16.7 Å². The number of hydrogen-bond donors (Lipinski definition) is 1. The Morgan fingerprint density at radius 1 is 1.21 bits per heavy atom. The summed E-state index contributed by atoms with van der Waals surface area (Å²) in [6.07, 6.45) is 1.55. The lowest BCUT2D eigenvalue weighted by atomic mass is 10.1. The highest BCUT2D eigenvalue weighted by Crippen LogP contribution is 2.14. The molecule has 0 aliphatic carbocycles. The lowest BCUT2D eigenvalue weighted by molar-refractivity contribution is 0.0942. The summed E-state index contributed by atoms with van der Waals surface area (Å²) in [6, 6.07) is 10.6. The van der Waals surface area contributed by atoms with Gasteiger partial charge in [-0.15, -0.1) is 0 Å². The molecule has 0 aliphatic rings. The molecule has 24 heavy (non-hydrogen) atoms. The average molecular weight is 325 g/mol. The summed E-state index contributed by atoms with van der Waals surface area (Å²) in [7, 11) is 0. The van der Waals surface area contributed by atoms with E-state index in [1.54, 1.807) is 42.7 Å². The Hall–Kier alpha value is -2.89. The summed E-state index contributed by atoms with van der Waals surface area (Å²) < 4.78 is 6.58. The number of nitrogens with one attached hydrogen (secondary N) is 1. The highest BCUT2D eigenvalue weighted by molar-refractivity contribution is 6.04. The second kappa shape index (κ2) is 6.70. The zero-order valence-corrected chi connectivity index (χ0v) is 13.7. The van der Waals surface area contributed by atoms with E-state index in [9.17, 15) is 9.59 Å². The molecule has 0 saturated heterocycles. The van der Waals surface area contributed by atoms with Gasteiger partial charge in [0.1, 0.15) is 5.76 Å². The summed E-state index contributed by atoms with van der Waals surface area (Å²) in [6.45, 7) is 4.73. The van der Waals surface area contributed by atoms with E-state index >= 15 is 0 Å². The normalized spacial score (nSPS) is 11.1. The van der Waals surface area contributed by atoms with Crippen molar-refractivity contribution in [2.45, 2.75) is 26.9 Å². The molecule has 0 spiro atoms. The summed E-state index contributed by atoms with van der Waals surface area (Å²) in [5.74, 6) is 0.568. The molecule has 3 aromatic rings. The standard InChI is InChI=1S/C18H19N3O3/c1-12(2)11-21-18(23)15-8-4-3-7-14(15)16(20-21)17(22)19-10-13-6-5-9-24-13/h3-9,12H,10-11H2,1-2H3,(H,19,22). The number of nitrogens with zero attached hydrogens (tertiary/aromatic N) is 2. The number of fused-ring (bicyclic) bond motifs is 1. The van der Waals surface area contributed by atoms with Gasteiger partial charge in [-0.05, 0) is 24.1 Å². The summed E-state index contributed by atoms with van der Waals surface area (Å²) in [5, 5.41) is 8.14. The predicted molar refractivity (Wildman–Crippen MR) is 90.7 cm³/mol. The first kappa shape index (κ1) is 16.0. The van der Waals surface area contributed by atoms with E-state index in [2.05, 4.69) is 10.4 Å². The SMILES string of the molecule is CC(C)Cn1nc(C(=O)NCc2ccco2)c2ccccc2c1=O. The molecule has 0 fully saturated rings. The maximum Gasteiger partial charge on any atom is 0.274 e. The molecule has 6 heteroatoms. The summed E-state index contributed by atoms with van der Waals surface area (Å²) in [4.78, 5) is 25.1. The molecular weight excluding hydrogens is 306 g/mol. The van der Waals surface area contributed by atoms with Crippen molar-refractivity contribution in [3.63, 3.8) is 0 Å². The fraction of sp³-hybridized carbons (Fsp3) is 0.278. The van der Waals surface area contributed by atoms with Crippen LogP contribution in [0.25, 0.3) is 10.8 Å². The molecule has 124 valence electrons.